The molecular formula is C40H28N6O2. The Kier molecular flexibility index (Phi) is 6.07. The number of nitrogens with zero attached hydrogens (tertiary/aromatic N) is 6. The van der Waals surface area contributed by atoms with E-state index in [1.54, 1.807) is 23.2 Å². The molecule has 9 rings (SSSR count). The van der Waals surface area contributed by atoms with Crippen LogP contribution >= 0.6 is 0 Å². The number of aryl methyl sites for hydroxylation is 2. The van der Waals surface area contributed by atoms with Gasteiger partial charge in [0.25, 0.3) is 11.1 Å². The molecule has 0 aliphatic rings. The largest absolute Gasteiger partial charge is 0.308 e. The van der Waals surface area contributed by atoms with Gasteiger partial charge in [0.15, 0.2) is 0 Å². The van der Waals surface area contributed by atoms with Crippen molar-refractivity contribution in [1.29, 1.82) is 0 Å². The van der Waals surface area contributed by atoms with Crippen LogP contribution in [-0.2, 0) is 14.1 Å². The molecule has 0 atom stereocenters. The van der Waals surface area contributed by atoms with Crippen LogP contribution in [0.2, 0.25) is 0 Å². The summed E-state index contributed by atoms with van der Waals surface area (Å²) in [5, 5.41) is 0. The molecule has 0 bridgehead atoms. The van der Waals surface area contributed by atoms with Crippen LogP contribution < -0.4 is 11.1 Å². The molecule has 0 amide bonds. The number of para-hydroxylation sites is 4. The lowest BCUT2D eigenvalue weighted by Gasteiger charge is -2.12. The number of benzene rings is 5. The zero-order valence-electron chi connectivity index (χ0n) is 26.2. The number of aromatic nitrogens is 6. The third-order valence-electron chi connectivity index (χ3n) is 9.21. The molecule has 0 saturated heterocycles. The highest BCUT2D eigenvalue weighted by molar-refractivity contribution is 5.91. The molecular weight excluding hydrogens is 596 g/mol. The molecule has 230 valence electrons. The topological polar surface area (TPSA) is 78.6 Å². The fourth-order valence-corrected chi connectivity index (χ4v) is 6.89. The van der Waals surface area contributed by atoms with E-state index < -0.39 is 0 Å². The van der Waals surface area contributed by atoms with Crippen molar-refractivity contribution in [2.24, 2.45) is 14.1 Å². The summed E-state index contributed by atoms with van der Waals surface area (Å²) in [5.74, 6) is 1.29. The van der Waals surface area contributed by atoms with E-state index in [2.05, 4.69) is 0 Å². The minimum absolute atomic E-state index is 0.128. The van der Waals surface area contributed by atoms with Gasteiger partial charge in [-0.3, -0.25) is 18.4 Å². The van der Waals surface area contributed by atoms with Crippen molar-refractivity contribution in [3.63, 3.8) is 0 Å². The summed E-state index contributed by atoms with van der Waals surface area (Å²) in [6, 6.07) is 43.4. The Hall–Kier alpha value is -6.54. The summed E-state index contributed by atoms with van der Waals surface area (Å²) in [6.45, 7) is 0. The molecule has 4 aromatic heterocycles. The standard InChI is InChI=1S/C40H28N6O2/c1-43-29-20-9-11-22-31(29)45-35(39(43)47)33(25-14-5-3-6-15-25)41-37(45)27-18-13-19-28(24-27)38-42-34(26-16-7-4-8-17-26)36-40(48)44(2)30-21-10-12-23-32(30)46(36)38/h3-24H,1-2H3. The molecule has 0 unspecified atom stereocenters. The molecule has 0 aliphatic heterocycles. The second-order valence-corrected chi connectivity index (χ2v) is 12.0. The second-order valence-electron chi connectivity index (χ2n) is 12.0. The van der Waals surface area contributed by atoms with E-state index in [-0.39, 0.29) is 11.1 Å². The van der Waals surface area contributed by atoms with E-state index in [1.807, 2.05) is 142 Å². The van der Waals surface area contributed by atoms with Crippen LogP contribution in [0.5, 0.6) is 0 Å². The second kappa shape index (κ2) is 10.5. The van der Waals surface area contributed by atoms with Crippen molar-refractivity contribution in [2.45, 2.75) is 0 Å². The normalized spacial score (nSPS) is 11.7. The van der Waals surface area contributed by atoms with Gasteiger partial charge in [0.1, 0.15) is 34.1 Å². The van der Waals surface area contributed by atoms with E-state index in [1.165, 1.54) is 0 Å². The van der Waals surface area contributed by atoms with Crippen LogP contribution in [0.25, 0.3) is 78.4 Å². The van der Waals surface area contributed by atoms with Crippen molar-refractivity contribution in [3.05, 3.63) is 154 Å². The van der Waals surface area contributed by atoms with Gasteiger partial charge < -0.3 is 9.13 Å². The summed E-state index contributed by atoms with van der Waals surface area (Å²) < 4.78 is 7.32. The van der Waals surface area contributed by atoms with E-state index in [4.69, 9.17) is 9.97 Å². The Balaban J connectivity index is 1.37. The fraction of sp³-hybridized carbons (Fsp3) is 0.0500. The van der Waals surface area contributed by atoms with Gasteiger partial charge >= 0.3 is 0 Å². The third-order valence-corrected chi connectivity index (χ3v) is 9.21. The molecule has 0 N–H and O–H groups in total. The molecule has 8 heteroatoms. The molecule has 0 fully saturated rings. The Bertz CT molecular complexity index is 2650. The minimum atomic E-state index is -0.128. The molecule has 0 radical (unpaired) electrons. The lowest BCUT2D eigenvalue weighted by Crippen LogP contribution is -2.20. The highest BCUT2D eigenvalue weighted by Gasteiger charge is 2.24. The van der Waals surface area contributed by atoms with E-state index >= 15 is 0 Å². The van der Waals surface area contributed by atoms with Crippen LogP contribution in [0.4, 0.5) is 0 Å². The summed E-state index contributed by atoms with van der Waals surface area (Å²) >= 11 is 0. The van der Waals surface area contributed by atoms with Gasteiger partial charge in [-0.1, -0.05) is 103 Å². The quantitative estimate of drug-likeness (QED) is 0.205. The predicted octanol–water partition coefficient (Wildman–Crippen LogP) is 7.35. The van der Waals surface area contributed by atoms with Crippen LogP contribution in [0.3, 0.4) is 0 Å². The Morgan fingerprint density at radius 2 is 0.771 bits per heavy atom. The third kappa shape index (κ3) is 3.96. The van der Waals surface area contributed by atoms with Gasteiger partial charge in [-0.15, -0.1) is 0 Å². The molecule has 0 aliphatic carbocycles. The molecule has 8 nitrogen and oxygen atoms in total. The maximum absolute atomic E-state index is 14.0. The first-order valence-corrected chi connectivity index (χ1v) is 15.7. The van der Waals surface area contributed by atoms with Gasteiger partial charge in [0, 0.05) is 36.3 Å². The van der Waals surface area contributed by atoms with Gasteiger partial charge in [-0.2, -0.15) is 0 Å². The summed E-state index contributed by atoms with van der Waals surface area (Å²) in [4.78, 5) is 38.3. The molecule has 0 spiro atoms. The highest BCUT2D eigenvalue weighted by Crippen LogP contribution is 2.35. The van der Waals surface area contributed by atoms with Crippen LogP contribution in [0, 0.1) is 0 Å². The maximum atomic E-state index is 14.0. The monoisotopic (exact) mass is 624 g/mol. The average Bonchev–Trinajstić information content (AvgIpc) is 3.75. The first-order valence-electron chi connectivity index (χ1n) is 15.7. The number of rotatable bonds is 4. The number of fused-ring (bicyclic) bond motifs is 6. The lowest BCUT2D eigenvalue weighted by molar-refractivity contribution is 0.901. The average molecular weight is 625 g/mol. The van der Waals surface area contributed by atoms with E-state index in [9.17, 15) is 9.59 Å². The molecule has 5 aromatic carbocycles. The molecule has 4 heterocycles. The zero-order chi connectivity index (χ0) is 32.5. The summed E-state index contributed by atoms with van der Waals surface area (Å²) in [5.41, 5.74) is 8.70. The highest BCUT2D eigenvalue weighted by atomic mass is 16.1. The smallest absolute Gasteiger partial charge is 0.277 e. The van der Waals surface area contributed by atoms with Gasteiger partial charge in [0.05, 0.1) is 22.1 Å². The van der Waals surface area contributed by atoms with Crippen molar-refractivity contribution in [1.82, 2.24) is 27.9 Å². The summed E-state index contributed by atoms with van der Waals surface area (Å²) in [7, 11) is 3.60. The Labute approximate surface area is 274 Å². The van der Waals surface area contributed by atoms with E-state index in [0.29, 0.717) is 34.1 Å². The zero-order valence-corrected chi connectivity index (χ0v) is 26.2. The minimum Gasteiger partial charge on any atom is -0.308 e. The number of imidazole rings is 2. The van der Waals surface area contributed by atoms with Crippen LogP contribution in [0.1, 0.15) is 0 Å². The predicted molar refractivity (Wildman–Crippen MR) is 191 cm³/mol. The number of hydrogen-bond acceptors (Lipinski definition) is 4. The van der Waals surface area contributed by atoms with Crippen molar-refractivity contribution in [2.75, 3.05) is 0 Å². The summed E-state index contributed by atoms with van der Waals surface area (Å²) in [6.07, 6.45) is 0. The fourth-order valence-electron chi connectivity index (χ4n) is 6.89. The van der Waals surface area contributed by atoms with Gasteiger partial charge in [0.2, 0.25) is 0 Å². The number of hydrogen-bond donors (Lipinski definition) is 0. The Morgan fingerprint density at radius 1 is 0.417 bits per heavy atom. The molecule has 48 heavy (non-hydrogen) atoms. The maximum Gasteiger partial charge on any atom is 0.277 e. The van der Waals surface area contributed by atoms with E-state index in [0.717, 1.165) is 44.3 Å². The van der Waals surface area contributed by atoms with Gasteiger partial charge in [-0.25, -0.2) is 9.97 Å². The van der Waals surface area contributed by atoms with Crippen LogP contribution in [0.15, 0.2) is 143 Å². The van der Waals surface area contributed by atoms with Gasteiger partial charge in [-0.05, 0) is 30.3 Å². The first kappa shape index (κ1) is 27.7. The van der Waals surface area contributed by atoms with Crippen molar-refractivity contribution < 1.29 is 0 Å². The van der Waals surface area contributed by atoms with Crippen molar-refractivity contribution >= 4 is 33.1 Å². The first-order chi connectivity index (χ1) is 23.5. The van der Waals surface area contributed by atoms with Crippen LogP contribution in [-0.4, -0.2) is 27.9 Å². The SMILES string of the molecule is Cn1c(=O)c2c(-c3ccccc3)nc(-c3cccc(-c4nc(-c5ccccc5)c5c(=O)n(C)c6ccccc6n45)c3)n2c2ccccc21. The molecule has 0 saturated carbocycles. The lowest BCUT2D eigenvalue weighted by atomic mass is 10.1. The Morgan fingerprint density at radius 3 is 1.19 bits per heavy atom. The van der Waals surface area contributed by atoms with Crippen molar-refractivity contribution in [3.8, 4) is 45.3 Å². The molecule has 9 aromatic rings.